The molecule has 2 aliphatic heterocycles. The number of carbonyl (C=O) groups excluding carboxylic acids is 3. The Kier molecular flexibility index (Phi) is 7.70. The summed E-state index contributed by atoms with van der Waals surface area (Å²) >= 11 is 0. The maximum absolute atomic E-state index is 13.4. The summed E-state index contributed by atoms with van der Waals surface area (Å²) < 4.78 is 45.3. The Morgan fingerprint density at radius 1 is 1.24 bits per heavy atom. The van der Waals surface area contributed by atoms with Crippen molar-refractivity contribution in [3.8, 4) is 0 Å². The molecule has 2 atom stereocenters. The van der Waals surface area contributed by atoms with E-state index >= 15 is 0 Å². The predicted molar refractivity (Wildman–Crippen MR) is 120 cm³/mol. The van der Waals surface area contributed by atoms with Crippen LogP contribution in [0.4, 0.5) is 18.9 Å². The van der Waals surface area contributed by atoms with E-state index in [9.17, 15) is 27.6 Å². The predicted octanol–water partition coefficient (Wildman–Crippen LogP) is 3.05. The molecule has 0 bridgehead atoms. The zero-order valence-electron chi connectivity index (χ0n) is 19.5. The molecule has 34 heavy (non-hydrogen) atoms. The molecule has 1 fully saturated rings. The number of ether oxygens (including phenoxy) is 1. The van der Waals surface area contributed by atoms with Crippen LogP contribution >= 0.6 is 0 Å². The summed E-state index contributed by atoms with van der Waals surface area (Å²) in [6.45, 7) is 4.82. The van der Waals surface area contributed by atoms with E-state index in [1.165, 1.54) is 25.3 Å². The number of hydrogen-bond acceptors (Lipinski definition) is 4. The smallest absolute Gasteiger partial charge is 0.381 e. The van der Waals surface area contributed by atoms with Crippen molar-refractivity contribution in [1.82, 2.24) is 10.6 Å². The lowest BCUT2D eigenvalue weighted by Crippen LogP contribution is -2.58. The van der Waals surface area contributed by atoms with E-state index in [-0.39, 0.29) is 11.3 Å². The van der Waals surface area contributed by atoms with Gasteiger partial charge in [-0.15, -0.1) is 0 Å². The quantitative estimate of drug-likeness (QED) is 0.612. The first-order chi connectivity index (χ1) is 16.0. The zero-order chi connectivity index (χ0) is 25.1. The van der Waals surface area contributed by atoms with Crippen LogP contribution in [0, 0.1) is 11.3 Å². The number of rotatable bonds is 6. The van der Waals surface area contributed by atoms with Gasteiger partial charge in [-0.25, -0.2) is 0 Å². The summed E-state index contributed by atoms with van der Waals surface area (Å²) in [5.41, 5.74) is -2.58. The van der Waals surface area contributed by atoms with Crippen molar-refractivity contribution in [1.29, 1.82) is 0 Å². The fraction of sp³-hybridized carbons (Fsp3) is 0.542. The Balaban J connectivity index is 1.90. The molecule has 1 aromatic carbocycles. The maximum Gasteiger partial charge on any atom is 0.416 e. The van der Waals surface area contributed by atoms with Crippen LogP contribution in [0.25, 0.3) is 0 Å². The Labute approximate surface area is 196 Å². The first-order valence-electron chi connectivity index (χ1n) is 11.3. The van der Waals surface area contributed by atoms with E-state index in [0.717, 1.165) is 36.3 Å². The van der Waals surface area contributed by atoms with E-state index in [4.69, 9.17) is 4.74 Å². The Morgan fingerprint density at radius 3 is 2.53 bits per heavy atom. The molecule has 0 radical (unpaired) electrons. The van der Waals surface area contributed by atoms with Gasteiger partial charge in [-0.3, -0.25) is 14.4 Å². The summed E-state index contributed by atoms with van der Waals surface area (Å²) in [6.07, 6.45) is -0.772. The van der Waals surface area contributed by atoms with Crippen LogP contribution in [0.5, 0.6) is 0 Å². The van der Waals surface area contributed by atoms with Gasteiger partial charge >= 0.3 is 6.18 Å². The minimum absolute atomic E-state index is 0.0388. The van der Waals surface area contributed by atoms with Crippen molar-refractivity contribution in [2.24, 2.45) is 11.3 Å². The molecule has 3 amide bonds. The third-order valence-electron chi connectivity index (χ3n) is 6.74. The molecule has 0 saturated carbocycles. The van der Waals surface area contributed by atoms with E-state index in [1.807, 2.05) is 0 Å². The van der Waals surface area contributed by atoms with Gasteiger partial charge < -0.3 is 20.3 Å². The van der Waals surface area contributed by atoms with Crippen LogP contribution in [-0.4, -0.2) is 50.6 Å². The molecule has 0 aliphatic carbocycles. The summed E-state index contributed by atoms with van der Waals surface area (Å²) in [4.78, 5) is 40.2. The van der Waals surface area contributed by atoms with Gasteiger partial charge in [-0.05, 0) is 63.3 Å². The fourth-order valence-electron chi connectivity index (χ4n) is 4.44. The van der Waals surface area contributed by atoms with Crippen molar-refractivity contribution in [3.05, 3.63) is 41.5 Å². The number of anilines is 1. The number of nitrogens with zero attached hydrogens (tertiary/aromatic N) is 1. The molecule has 10 heteroatoms. The standard InChI is InChI=1S/C24H30F3N3O4/c1-15-23(2,22(33)28-3)14-19(20(31)29-10-7-16-8-11-34-12-9-16)21(32)30(15)18-6-4-5-17(13-18)24(25,26)27/h4-6,13-16H,7-12H2,1-3H3,(H,28,33)(H,29,31). The second-order valence-corrected chi connectivity index (χ2v) is 8.92. The lowest BCUT2D eigenvalue weighted by Gasteiger charge is -2.43. The molecule has 2 aliphatic rings. The first-order valence-corrected chi connectivity index (χ1v) is 11.3. The van der Waals surface area contributed by atoms with E-state index in [0.29, 0.717) is 25.7 Å². The number of benzene rings is 1. The minimum atomic E-state index is -4.61. The Hall–Kier alpha value is -2.88. The first kappa shape index (κ1) is 25.7. The fourth-order valence-corrected chi connectivity index (χ4v) is 4.44. The van der Waals surface area contributed by atoms with Crippen molar-refractivity contribution in [2.45, 2.75) is 45.3 Å². The second kappa shape index (κ2) is 10.2. The summed E-state index contributed by atoms with van der Waals surface area (Å²) in [7, 11) is 1.42. The largest absolute Gasteiger partial charge is 0.416 e. The number of alkyl halides is 3. The molecule has 0 spiro atoms. The maximum atomic E-state index is 13.4. The van der Waals surface area contributed by atoms with E-state index in [2.05, 4.69) is 10.6 Å². The number of nitrogens with one attached hydrogen (secondary N) is 2. The van der Waals surface area contributed by atoms with Crippen molar-refractivity contribution in [3.63, 3.8) is 0 Å². The van der Waals surface area contributed by atoms with Gasteiger partial charge in [0.1, 0.15) is 5.57 Å². The third kappa shape index (κ3) is 5.27. The number of halogens is 3. The number of hydrogen-bond donors (Lipinski definition) is 2. The molecule has 7 nitrogen and oxygen atoms in total. The highest BCUT2D eigenvalue weighted by Crippen LogP contribution is 2.39. The number of amides is 3. The molecule has 3 rings (SSSR count). The SMILES string of the molecule is CNC(=O)C1(C)C=C(C(=O)NCCC2CCOCC2)C(=O)N(c2cccc(C(F)(F)F)c2)C1C. The Bertz CT molecular complexity index is 972. The highest BCUT2D eigenvalue weighted by molar-refractivity contribution is 6.25. The van der Waals surface area contributed by atoms with Crippen LogP contribution in [0.1, 0.15) is 38.7 Å². The molecule has 0 aromatic heterocycles. The van der Waals surface area contributed by atoms with Gasteiger partial charge in [0.2, 0.25) is 5.91 Å². The van der Waals surface area contributed by atoms with Crippen LogP contribution < -0.4 is 15.5 Å². The molecule has 1 saturated heterocycles. The van der Waals surface area contributed by atoms with Gasteiger partial charge in [0.05, 0.1) is 17.0 Å². The lowest BCUT2D eigenvalue weighted by molar-refractivity contribution is -0.138. The monoisotopic (exact) mass is 481 g/mol. The van der Waals surface area contributed by atoms with Gasteiger partial charge in [-0.2, -0.15) is 13.2 Å². The molecule has 186 valence electrons. The molecule has 2 N–H and O–H groups in total. The average Bonchev–Trinajstić information content (AvgIpc) is 2.81. The van der Waals surface area contributed by atoms with Gasteiger partial charge in [0, 0.05) is 32.5 Å². The van der Waals surface area contributed by atoms with Crippen LogP contribution in [-0.2, 0) is 25.3 Å². The van der Waals surface area contributed by atoms with Crippen molar-refractivity contribution >= 4 is 23.4 Å². The van der Waals surface area contributed by atoms with E-state index in [1.54, 1.807) is 13.8 Å². The summed E-state index contributed by atoms with van der Waals surface area (Å²) in [5.74, 6) is -1.47. The topological polar surface area (TPSA) is 87.7 Å². The van der Waals surface area contributed by atoms with Crippen LogP contribution in [0.2, 0.25) is 0 Å². The normalized spacial score (nSPS) is 23.9. The van der Waals surface area contributed by atoms with Gasteiger partial charge in [0.15, 0.2) is 0 Å². The summed E-state index contributed by atoms with van der Waals surface area (Å²) in [5, 5.41) is 5.27. The van der Waals surface area contributed by atoms with Crippen molar-refractivity contribution in [2.75, 3.05) is 31.7 Å². The third-order valence-corrected chi connectivity index (χ3v) is 6.74. The lowest BCUT2D eigenvalue weighted by atomic mass is 9.76. The van der Waals surface area contributed by atoms with Gasteiger partial charge in [0.25, 0.3) is 11.8 Å². The zero-order valence-corrected chi connectivity index (χ0v) is 19.5. The molecule has 2 heterocycles. The minimum Gasteiger partial charge on any atom is -0.381 e. The molecule has 1 aromatic rings. The van der Waals surface area contributed by atoms with E-state index < -0.39 is 40.9 Å². The summed E-state index contributed by atoms with van der Waals surface area (Å²) in [6, 6.07) is 3.47. The second-order valence-electron chi connectivity index (χ2n) is 8.92. The molecule has 2 unspecified atom stereocenters. The molecular weight excluding hydrogens is 451 g/mol. The molecular formula is C24H30F3N3O4. The highest BCUT2D eigenvalue weighted by atomic mass is 19.4. The van der Waals surface area contributed by atoms with Gasteiger partial charge in [-0.1, -0.05) is 6.07 Å². The Morgan fingerprint density at radius 2 is 1.91 bits per heavy atom. The number of carbonyl (C=O) groups is 3. The highest BCUT2D eigenvalue weighted by Gasteiger charge is 2.48. The van der Waals surface area contributed by atoms with Crippen LogP contribution in [0.3, 0.4) is 0 Å². The van der Waals surface area contributed by atoms with Crippen molar-refractivity contribution < 1.29 is 32.3 Å². The average molecular weight is 482 g/mol. The van der Waals surface area contributed by atoms with Crippen LogP contribution in [0.15, 0.2) is 35.9 Å².